The number of nitrogens with zero attached hydrogens (tertiary/aromatic N) is 2. The fraction of sp³-hybridized carbons (Fsp3) is 0.692. The molecule has 1 aliphatic rings. The Morgan fingerprint density at radius 1 is 1.39 bits per heavy atom. The van der Waals surface area contributed by atoms with Crippen LogP contribution in [0.4, 0.5) is 5.82 Å². The van der Waals surface area contributed by atoms with E-state index in [0.29, 0.717) is 11.2 Å². The minimum atomic E-state index is 0.515. The molecule has 3 nitrogen and oxygen atoms in total. The first-order valence-corrected chi connectivity index (χ1v) is 8.18. The summed E-state index contributed by atoms with van der Waals surface area (Å²) < 4.78 is 0. The number of aromatic nitrogens is 2. The first kappa shape index (κ1) is 13.9. The smallest absolute Gasteiger partial charge is 0.190 e. The van der Waals surface area contributed by atoms with Crippen LogP contribution in [0.5, 0.6) is 0 Å². The zero-order valence-corrected chi connectivity index (χ0v) is 12.5. The lowest BCUT2D eigenvalue weighted by Crippen LogP contribution is -2.32. The molecule has 1 saturated carbocycles. The zero-order valence-electron chi connectivity index (χ0n) is 10.9. The van der Waals surface area contributed by atoms with Crippen LogP contribution in [0.3, 0.4) is 0 Å². The molecule has 0 radical (unpaired) electrons. The van der Waals surface area contributed by atoms with Gasteiger partial charge in [-0.1, -0.05) is 49.5 Å². The van der Waals surface area contributed by atoms with Gasteiger partial charge in [-0.3, -0.25) is 0 Å². The molecule has 5 heteroatoms. The molecule has 0 saturated heterocycles. The van der Waals surface area contributed by atoms with Gasteiger partial charge in [0.05, 0.1) is 0 Å². The Bertz CT molecular complexity index is 400. The number of hydrogen-bond donors (Lipinski definition) is 1. The molecule has 1 aliphatic carbocycles. The van der Waals surface area contributed by atoms with Crippen molar-refractivity contribution < 1.29 is 0 Å². The number of anilines is 1. The van der Waals surface area contributed by atoms with E-state index in [0.717, 1.165) is 16.9 Å². The first-order valence-electron chi connectivity index (χ1n) is 6.58. The summed E-state index contributed by atoms with van der Waals surface area (Å²) in [6.07, 6.45) is 8.41. The maximum absolute atomic E-state index is 6.01. The lowest BCUT2D eigenvalue weighted by Gasteiger charge is -2.31. The van der Waals surface area contributed by atoms with E-state index in [1.165, 1.54) is 43.9 Å². The highest BCUT2D eigenvalue weighted by Crippen LogP contribution is 2.29. The summed E-state index contributed by atoms with van der Waals surface area (Å²) in [4.78, 5) is 8.63. The van der Waals surface area contributed by atoms with Crippen molar-refractivity contribution in [3.8, 4) is 0 Å². The van der Waals surface area contributed by atoms with Crippen molar-refractivity contribution in [3.63, 3.8) is 0 Å². The van der Waals surface area contributed by atoms with Crippen molar-refractivity contribution >= 4 is 29.2 Å². The minimum absolute atomic E-state index is 0.515. The molecular weight excluding hydrogens is 266 g/mol. The van der Waals surface area contributed by atoms with E-state index in [4.69, 9.17) is 11.6 Å². The number of halogens is 1. The van der Waals surface area contributed by atoms with E-state index in [-0.39, 0.29) is 0 Å². The molecule has 18 heavy (non-hydrogen) atoms. The topological polar surface area (TPSA) is 37.8 Å². The molecule has 100 valence electrons. The fourth-order valence-electron chi connectivity index (χ4n) is 2.64. The lowest BCUT2D eigenvalue weighted by atomic mass is 9.83. The number of hydrogen-bond acceptors (Lipinski definition) is 4. The molecule has 1 heterocycles. The molecule has 0 spiro atoms. The molecule has 0 aliphatic heterocycles. The van der Waals surface area contributed by atoms with Gasteiger partial charge >= 0.3 is 0 Å². The van der Waals surface area contributed by atoms with Gasteiger partial charge in [-0.15, -0.1) is 0 Å². The summed E-state index contributed by atoms with van der Waals surface area (Å²) in [5.74, 6) is 1.62. The van der Waals surface area contributed by atoms with Gasteiger partial charge in [0.2, 0.25) is 0 Å². The highest BCUT2D eigenvalue weighted by Gasteiger charge is 2.23. The summed E-state index contributed by atoms with van der Waals surface area (Å²) in [5, 5.41) is 4.79. The van der Waals surface area contributed by atoms with E-state index < -0.39 is 0 Å². The Hall–Kier alpha value is -0.480. The third-order valence-corrected chi connectivity index (χ3v) is 4.37. The first-order chi connectivity index (χ1) is 8.72. The molecule has 2 rings (SSSR count). The van der Waals surface area contributed by atoms with Gasteiger partial charge < -0.3 is 5.32 Å². The Morgan fingerprint density at radius 3 is 2.89 bits per heavy atom. The van der Waals surface area contributed by atoms with E-state index >= 15 is 0 Å². The normalized spacial score (nSPS) is 23.9. The molecule has 2 unspecified atom stereocenters. The highest BCUT2D eigenvalue weighted by atomic mass is 35.5. The molecule has 1 aromatic rings. The van der Waals surface area contributed by atoms with Crippen LogP contribution in [0.15, 0.2) is 11.2 Å². The molecule has 1 fully saturated rings. The number of rotatable bonds is 4. The maximum atomic E-state index is 6.01. The van der Waals surface area contributed by atoms with Crippen LogP contribution in [0, 0.1) is 5.92 Å². The molecule has 0 amide bonds. The van der Waals surface area contributed by atoms with Crippen molar-refractivity contribution in [2.45, 2.75) is 50.2 Å². The second-order valence-corrected chi connectivity index (χ2v) is 5.93. The third-order valence-electron chi connectivity index (χ3n) is 3.62. The molecule has 1 N–H and O–H groups in total. The quantitative estimate of drug-likeness (QED) is 0.510. The molecule has 0 bridgehead atoms. The lowest BCUT2D eigenvalue weighted by molar-refractivity contribution is 0.316. The largest absolute Gasteiger partial charge is 0.367 e. The van der Waals surface area contributed by atoms with E-state index in [1.54, 1.807) is 0 Å². The minimum Gasteiger partial charge on any atom is -0.367 e. The summed E-state index contributed by atoms with van der Waals surface area (Å²) in [6, 6.07) is 2.35. The highest BCUT2D eigenvalue weighted by molar-refractivity contribution is 7.98. The van der Waals surface area contributed by atoms with Crippen molar-refractivity contribution in [1.29, 1.82) is 0 Å². The standard InChI is InChI=1S/C13H20ClN3S/c1-3-9-6-4-5-7-10(9)15-12-8-11(14)16-13(17-12)18-2/h8-10H,3-7H2,1-2H3,(H,15,16,17). The van der Waals surface area contributed by atoms with Crippen LogP contribution in [0.2, 0.25) is 5.15 Å². The molecule has 1 aromatic heterocycles. The van der Waals surface area contributed by atoms with Crippen LogP contribution in [0.25, 0.3) is 0 Å². The van der Waals surface area contributed by atoms with Gasteiger partial charge in [-0.25, -0.2) is 9.97 Å². The van der Waals surface area contributed by atoms with Crippen LogP contribution >= 0.6 is 23.4 Å². The Balaban J connectivity index is 2.09. The second kappa shape index (κ2) is 6.62. The summed E-state index contributed by atoms with van der Waals surface area (Å²) in [7, 11) is 0. The predicted octanol–water partition coefficient (Wildman–Crippen LogP) is 4.23. The third kappa shape index (κ3) is 3.51. The molecule has 0 aromatic carbocycles. The Morgan fingerprint density at radius 2 is 2.17 bits per heavy atom. The average Bonchev–Trinajstić information content (AvgIpc) is 2.38. The van der Waals surface area contributed by atoms with Crippen molar-refractivity contribution in [3.05, 3.63) is 11.2 Å². The summed E-state index contributed by atoms with van der Waals surface area (Å²) in [5.41, 5.74) is 0. The van der Waals surface area contributed by atoms with Crippen molar-refractivity contribution in [2.24, 2.45) is 5.92 Å². The van der Waals surface area contributed by atoms with Gasteiger partial charge in [0.25, 0.3) is 0 Å². The predicted molar refractivity (Wildman–Crippen MR) is 78.5 cm³/mol. The average molecular weight is 286 g/mol. The maximum Gasteiger partial charge on any atom is 0.190 e. The van der Waals surface area contributed by atoms with Crippen molar-refractivity contribution in [2.75, 3.05) is 11.6 Å². The van der Waals surface area contributed by atoms with Gasteiger partial charge in [0, 0.05) is 12.1 Å². The number of thioether (sulfide) groups is 1. The van der Waals surface area contributed by atoms with Crippen LogP contribution in [-0.2, 0) is 0 Å². The summed E-state index contributed by atoms with van der Waals surface area (Å²) >= 11 is 7.53. The van der Waals surface area contributed by atoms with Gasteiger partial charge in [-0.05, 0) is 25.0 Å². The van der Waals surface area contributed by atoms with E-state index in [1.807, 2.05) is 12.3 Å². The molecular formula is C13H20ClN3S. The van der Waals surface area contributed by atoms with Gasteiger partial charge in [0.15, 0.2) is 5.16 Å². The Labute approximate surface area is 118 Å². The number of nitrogens with one attached hydrogen (secondary N) is 1. The molecule has 2 atom stereocenters. The van der Waals surface area contributed by atoms with E-state index in [2.05, 4.69) is 22.2 Å². The van der Waals surface area contributed by atoms with Gasteiger partial charge in [-0.2, -0.15) is 0 Å². The van der Waals surface area contributed by atoms with E-state index in [9.17, 15) is 0 Å². The fourth-order valence-corrected chi connectivity index (χ4v) is 3.25. The second-order valence-electron chi connectivity index (χ2n) is 4.77. The zero-order chi connectivity index (χ0) is 13.0. The van der Waals surface area contributed by atoms with Crippen molar-refractivity contribution in [1.82, 2.24) is 9.97 Å². The monoisotopic (exact) mass is 285 g/mol. The van der Waals surface area contributed by atoms with Crippen LogP contribution in [-0.4, -0.2) is 22.3 Å². The van der Waals surface area contributed by atoms with Crippen LogP contribution < -0.4 is 5.32 Å². The van der Waals surface area contributed by atoms with Gasteiger partial charge in [0.1, 0.15) is 11.0 Å². The van der Waals surface area contributed by atoms with Crippen LogP contribution in [0.1, 0.15) is 39.0 Å². The summed E-state index contributed by atoms with van der Waals surface area (Å²) in [6.45, 7) is 2.27. The Kier molecular flexibility index (Phi) is 5.13. The SMILES string of the molecule is CCC1CCCCC1Nc1cc(Cl)nc(SC)n1.